The van der Waals surface area contributed by atoms with Crippen molar-refractivity contribution in [1.29, 1.82) is 0 Å². The van der Waals surface area contributed by atoms with Crippen LogP contribution in [0.2, 0.25) is 0 Å². The van der Waals surface area contributed by atoms with E-state index in [4.69, 9.17) is 14.2 Å². The zero-order valence-electron chi connectivity index (χ0n) is 19.9. The molecule has 0 spiro atoms. The van der Waals surface area contributed by atoms with Crippen molar-refractivity contribution in [3.05, 3.63) is 77.4 Å². The molecule has 0 saturated carbocycles. The van der Waals surface area contributed by atoms with E-state index in [1.54, 1.807) is 0 Å². The first kappa shape index (κ1) is 26.7. The molecule has 0 amide bonds. The third-order valence-electron chi connectivity index (χ3n) is 5.73. The number of hydrogen-bond acceptors (Lipinski definition) is 10. The van der Waals surface area contributed by atoms with E-state index >= 15 is 0 Å². The Hall–Kier alpha value is -5.39. The van der Waals surface area contributed by atoms with E-state index in [2.05, 4.69) is 0 Å². The minimum Gasteiger partial charge on any atom is -0.504 e. The van der Waals surface area contributed by atoms with Gasteiger partial charge in [-0.15, -0.1) is 0 Å². The molecule has 39 heavy (non-hydrogen) atoms. The molecule has 12 nitrogen and oxygen atoms in total. The van der Waals surface area contributed by atoms with Crippen molar-refractivity contribution in [1.82, 2.24) is 0 Å². The molecule has 3 atom stereocenters. The predicted octanol–water partition coefficient (Wildman–Crippen LogP) is 2.73. The van der Waals surface area contributed by atoms with Crippen LogP contribution in [0, 0.1) is 0 Å². The van der Waals surface area contributed by atoms with Crippen molar-refractivity contribution < 1.29 is 59.2 Å². The van der Waals surface area contributed by atoms with Crippen LogP contribution in [0.3, 0.4) is 0 Å². The Morgan fingerprint density at radius 3 is 2.15 bits per heavy atom. The first-order chi connectivity index (χ1) is 18.5. The second-order valence-corrected chi connectivity index (χ2v) is 8.49. The summed E-state index contributed by atoms with van der Waals surface area (Å²) in [4.78, 5) is 35.7. The number of carboxylic acids is 2. The molecular formula is C27H22O12. The average molecular weight is 538 g/mol. The third-order valence-corrected chi connectivity index (χ3v) is 5.73. The van der Waals surface area contributed by atoms with Gasteiger partial charge < -0.3 is 44.8 Å². The monoisotopic (exact) mass is 538 g/mol. The van der Waals surface area contributed by atoms with Gasteiger partial charge in [0.2, 0.25) is 12.2 Å². The van der Waals surface area contributed by atoms with Gasteiger partial charge in [0.25, 0.3) is 0 Å². The molecule has 3 aromatic carbocycles. The number of rotatable bonds is 8. The van der Waals surface area contributed by atoms with Crippen molar-refractivity contribution in [2.75, 3.05) is 0 Å². The molecule has 6 N–H and O–H groups in total. The van der Waals surface area contributed by atoms with E-state index < -0.39 is 47.7 Å². The largest absolute Gasteiger partial charge is 0.504 e. The standard InChI is InChI=1S/C27H22O12/c28-16-5-1-14(9-18(16)30)11-22(26(33)34)37-23(32)8-3-13-2-7-20-21(10-13)39-25(27(35)36)24(38-20)15-4-6-17(29)19(31)12-15/h1-10,12,22,24-25,28-31H,11H2,(H,33,34)(H,35,36)/b8-3+/t22?,24-,25-/m1/s1. The van der Waals surface area contributed by atoms with Gasteiger partial charge >= 0.3 is 17.9 Å². The zero-order valence-corrected chi connectivity index (χ0v) is 19.9. The average Bonchev–Trinajstić information content (AvgIpc) is 2.89. The third kappa shape index (κ3) is 6.13. The smallest absolute Gasteiger partial charge is 0.349 e. The number of esters is 1. The number of benzene rings is 3. The molecule has 12 heteroatoms. The van der Waals surface area contributed by atoms with Gasteiger partial charge in [0.05, 0.1) is 0 Å². The fourth-order valence-corrected chi connectivity index (χ4v) is 3.79. The molecule has 0 radical (unpaired) electrons. The van der Waals surface area contributed by atoms with Crippen LogP contribution in [0.15, 0.2) is 60.7 Å². The van der Waals surface area contributed by atoms with Crippen LogP contribution in [0.5, 0.6) is 34.5 Å². The molecule has 1 unspecified atom stereocenters. The lowest BCUT2D eigenvalue weighted by Crippen LogP contribution is -2.39. The van der Waals surface area contributed by atoms with Crippen LogP contribution in [-0.4, -0.2) is 60.8 Å². The molecule has 0 saturated heterocycles. The molecule has 1 aliphatic rings. The lowest BCUT2D eigenvalue weighted by atomic mass is 10.0. The molecule has 3 aromatic rings. The Labute approximate surface area is 220 Å². The molecule has 4 rings (SSSR count). The zero-order chi connectivity index (χ0) is 28.3. The number of ether oxygens (including phenoxy) is 3. The SMILES string of the molecule is O=C(/C=C/c1ccc2c(c1)O[C@@H](C(=O)O)[C@@H](c1ccc(O)c(O)c1)O2)OC(Cc1ccc(O)c(O)c1)C(=O)O. The number of carbonyl (C=O) groups excluding carboxylic acids is 1. The summed E-state index contributed by atoms with van der Waals surface area (Å²) in [7, 11) is 0. The van der Waals surface area contributed by atoms with E-state index in [1.165, 1.54) is 54.6 Å². The maximum atomic E-state index is 12.3. The van der Waals surface area contributed by atoms with Gasteiger partial charge in [0, 0.05) is 18.1 Å². The lowest BCUT2D eigenvalue weighted by Gasteiger charge is -2.32. The molecule has 0 aromatic heterocycles. The minimum absolute atomic E-state index is 0.0627. The molecule has 1 heterocycles. The predicted molar refractivity (Wildman–Crippen MR) is 132 cm³/mol. The topological polar surface area (TPSA) is 200 Å². The number of aromatic hydroxyl groups is 4. The lowest BCUT2D eigenvalue weighted by molar-refractivity contribution is -0.160. The highest BCUT2D eigenvalue weighted by molar-refractivity contribution is 5.89. The highest BCUT2D eigenvalue weighted by Crippen LogP contribution is 2.41. The van der Waals surface area contributed by atoms with E-state index in [-0.39, 0.29) is 35.0 Å². The van der Waals surface area contributed by atoms with Gasteiger partial charge in [-0.1, -0.05) is 18.2 Å². The number of aliphatic carboxylic acids is 2. The maximum Gasteiger partial charge on any atom is 0.349 e. The van der Waals surface area contributed by atoms with Crippen LogP contribution in [0.25, 0.3) is 6.08 Å². The van der Waals surface area contributed by atoms with Crippen molar-refractivity contribution in [2.45, 2.75) is 24.7 Å². The Morgan fingerprint density at radius 1 is 0.821 bits per heavy atom. The number of phenols is 4. The molecule has 0 bridgehead atoms. The Morgan fingerprint density at radius 2 is 1.51 bits per heavy atom. The first-order valence-corrected chi connectivity index (χ1v) is 11.4. The van der Waals surface area contributed by atoms with Gasteiger partial charge in [-0.2, -0.15) is 0 Å². The highest BCUT2D eigenvalue weighted by Gasteiger charge is 2.38. The second kappa shape index (κ2) is 10.9. The summed E-state index contributed by atoms with van der Waals surface area (Å²) >= 11 is 0. The Kier molecular flexibility index (Phi) is 7.47. The molecule has 0 fully saturated rings. The summed E-state index contributed by atoms with van der Waals surface area (Å²) in [5.74, 6) is -5.15. The van der Waals surface area contributed by atoms with Gasteiger partial charge in [-0.3, -0.25) is 0 Å². The van der Waals surface area contributed by atoms with Gasteiger partial charge in [0.15, 0.2) is 40.6 Å². The van der Waals surface area contributed by atoms with Crippen molar-refractivity contribution in [3.8, 4) is 34.5 Å². The highest BCUT2D eigenvalue weighted by atomic mass is 16.6. The summed E-state index contributed by atoms with van der Waals surface area (Å²) in [6, 6.07) is 11.9. The number of fused-ring (bicyclic) bond motifs is 1. The van der Waals surface area contributed by atoms with Crippen LogP contribution in [-0.2, 0) is 25.5 Å². The van der Waals surface area contributed by atoms with Crippen LogP contribution in [0.4, 0.5) is 0 Å². The van der Waals surface area contributed by atoms with Gasteiger partial charge in [0.1, 0.15) is 0 Å². The Bertz CT molecular complexity index is 1460. The van der Waals surface area contributed by atoms with Gasteiger partial charge in [-0.25, -0.2) is 14.4 Å². The number of carbonyl (C=O) groups is 3. The fourth-order valence-electron chi connectivity index (χ4n) is 3.79. The van der Waals surface area contributed by atoms with E-state index in [1.807, 2.05) is 0 Å². The van der Waals surface area contributed by atoms with Crippen molar-refractivity contribution in [3.63, 3.8) is 0 Å². The quantitative estimate of drug-likeness (QED) is 0.139. The summed E-state index contributed by atoms with van der Waals surface area (Å²) in [6.45, 7) is 0. The van der Waals surface area contributed by atoms with Crippen molar-refractivity contribution >= 4 is 24.0 Å². The van der Waals surface area contributed by atoms with Crippen LogP contribution >= 0.6 is 0 Å². The molecule has 0 aliphatic carbocycles. The summed E-state index contributed by atoms with van der Waals surface area (Å²) in [5, 5.41) is 57.3. The first-order valence-electron chi connectivity index (χ1n) is 11.4. The summed E-state index contributed by atoms with van der Waals surface area (Å²) in [5.41, 5.74) is 0.954. The van der Waals surface area contributed by atoms with E-state index in [0.29, 0.717) is 11.1 Å². The van der Waals surface area contributed by atoms with Crippen molar-refractivity contribution in [2.24, 2.45) is 0 Å². The maximum absolute atomic E-state index is 12.3. The molecule has 1 aliphatic heterocycles. The molecular weight excluding hydrogens is 516 g/mol. The Balaban J connectivity index is 1.47. The summed E-state index contributed by atoms with van der Waals surface area (Å²) < 4.78 is 16.4. The molecule has 202 valence electrons. The normalized spacial score (nSPS) is 16.9. The second-order valence-electron chi connectivity index (χ2n) is 8.49. The summed E-state index contributed by atoms with van der Waals surface area (Å²) in [6.07, 6.45) is -2.19. The van der Waals surface area contributed by atoms with Crippen LogP contribution < -0.4 is 9.47 Å². The number of carboxylic acid groups (broad SMARTS) is 2. The number of phenolic OH excluding ortho intramolecular Hbond substituents is 4. The van der Waals surface area contributed by atoms with Gasteiger partial charge in [-0.05, 0) is 53.6 Å². The van der Waals surface area contributed by atoms with E-state index in [9.17, 15) is 45.0 Å². The fraction of sp³-hybridized carbons (Fsp3) is 0.148. The van der Waals surface area contributed by atoms with Crippen LogP contribution in [0.1, 0.15) is 22.8 Å². The number of hydrogen-bond donors (Lipinski definition) is 6. The minimum atomic E-state index is -1.57. The van der Waals surface area contributed by atoms with E-state index in [0.717, 1.165) is 12.1 Å².